The summed E-state index contributed by atoms with van der Waals surface area (Å²) in [7, 11) is 0. The zero-order valence-electron chi connectivity index (χ0n) is 10.3. The van der Waals surface area contributed by atoms with Crippen LogP contribution in [0.4, 0.5) is 5.69 Å². The van der Waals surface area contributed by atoms with Crippen molar-refractivity contribution in [3.05, 3.63) is 29.8 Å². The molecule has 0 fully saturated rings. The molecule has 1 aromatic carbocycles. The number of imide groups is 1. The molecule has 0 aromatic heterocycles. The minimum atomic E-state index is -0.0977. The highest BCUT2D eigenvalue weighted by Crippen LogP contribution is 2.29. The van der Waals surface area contributed by atoms with Crippen LogP contribution in [0.3, 0.4) is 0 Å². The molecule has 0 aliphatic carbocycles. The van der Waals surface area contributed by atoms with Crippen molar-refractivity contribution in [2.75, 3.05) is 4.90 Å². The van der Waals surface area contributed by atoms with Crippen LogP contribution in [0.2, 0.25) is 0 Å². The number of para-hydroxylation sites is 1. The third-order valence-corrected chi connectivity index (χ3v) is 3.29. The van der Waals surface area contributed by atoms with Crippen molar-refractivity contribution in [1.29, 1.82) is 0 Å². The molecule has 0 N–H and O–H groups in total. The molecular formula is C14H17NO2. The number of amides is 2. The van der Waals surface area contributed by atoms with Crippen molar-refractivity contribution in [2.24, 2.45) is 5.92 Å². The minimum Gasteiger partial charge on any atom is -0.274 e. The van der Waals surface area contributed by atoms with Gasteiger partial charge in [-0.3, -0.25) is 9.59 Å². The molecule has 2 amide bonds. The maximum atomic E-state index is 12.1. The molecule has 90 valence electrons. The third-order valence-electron chi connectivity index (χ3n) is 3.29. The van der Waals surface area contributed by atoms with Crippen molar-refractivity contribution >= 4 is 17.5 Å². The molecule has 0 saturated carbocycles. The van der Waals surface area contributed by atoms with E-state index in [1.54, 1.807) is 0 Å². The van der Waals surface area contributed by atoms with E-state index < -0.39 is 0 Å². The molecule has 0 spiro atoms. The predicted octanol–water partition coefficient (Wildman–Crippen LogP) is 2.54. The molecule has 1 aliphatic rings. The van der Waals surface area contributed by atoms with Crippen molar-refractivity contribution in [3.8, 4) is 0 Å². The number of hydrogen-bond donors (Lipinski definition) is 0. The average Bonchev–Trinajstić information content (AvgIpc) is 2.64. The Balaban J connectivity index is 2.21. The van der Waals surface area contributed by atoms with Gasteiger partial charge in [0.15, 0.2) is 0 Å². The number of fused-ring (bicyclic) bond motifs is 1. The van der Waals surface area contributed by atoms with E-state index in [4.69, 9.17) is 0 Å². The lowest BCUT2D eigenvalue weighted by Gasteiger charge is -2.17. The van der Waals surface area contributed by atoms with Crippen molar-refractivity contribution in [1.82, 2.24) is 0 Å². The Morgan fingerprint density at radius 2 is 2.12 bits per heavy atom. The number of anilines is 1. The summed E-state index contributed by atoms with van der Waals surface area (Å²) < 4.78 is 0. The van der Waals surface area contributed by atoms with Gasteiger partial charge >= 0.3 is 0 Å². The molecule has 0 saturated heterocycles. The standard InChI is InChI=1S/C14H17NO2/c1-3-10(2)8-13(16)15-12-7-5-4-6-11(12)9-14(15)17/h4-7,10H,3,8-9H2,1-2H3. The Morgan fingerprint density at radius 3 is 2.82 bits per heavy atom. The van der Waals surface area contributed by atoms with Gasteiger partial charge in [0.05, 0.1) is 12.1 Å². The SMILES string of the molecule is CCC(C)CC(=O)N1C(=O)Cc2ccccc21. The zero-order valence-corrected chi connectivity index (χ0v) is 10.3. The van der Waals surface area contributed by atoms with Crippen LogP contribution in [0.1, 0.15) is 32.3 Å². The van der Waals surface area contributed by atoms with Gasteiger partial charge in [-0.15, -0.1) is 0 Å². The second-order valence-corrected chi connectivity index (χ2v) is 4.65. The lowest BCUT2D eigenvalue weighted by molar-refractivity contribution is -0.126. The first kappa shape index (κ1) is 11.8. The van der Waals surface area contributed by atoms with E-state index in [0.29, 0.717) is 18.8 Å². The van der Waals surface area contributed by atoms with E-state index in [1.165, 1.54) is 4.90 Å². The largest absolute Gasteiger partial charge is 0.274 e. The number of benzene rings is 1. The highest BCUT2D eigenvalue weighted by Gasteiger charge is 2.31. The van der Waals surface area contributed by atoms with Gasteiger partial charge in [-0.05, 0) is 17.5 Å². The normalized spacial score (nSPS) is 15.9. The summed E-state index contributed by atoms with van der Waals surface area (Å²) in [6.07, 6.45) is 1.74. The maximum absolute atomic E-state index is 12.1. The Labute approximate surface area is 101 Å². The van der Waals surface area contributed by atoms with E-state index in [9.17, 15) is 9.59 Å². The molecule has 3 heteroatoms. The van der Waals surface area contributed by atoms with Crippen molar-refractivity contribution in [2.45, 2.75) is 33.1 Å². The number of rotatable bonds is 3. The monoisotopic (exact) mass is 231 g/mol. The fourth-order valence-electron chi connectivity index (χ4n) is 2.06. The summed E-state index contributed by atoms with van der Waals surface area (Å²) >= 11 is 0. The van der Waals surface area contributed by atoms with Gasteiger partial charge in [-0.1, -0.05) is 38.5 Å². The van der Waals surface area contributed by atoms with Gasteiger partial charge in [0.2, 0.25) is 11.8 Å². The van der Waals surface area contributed by atoms with Crippen LogP contribution in [0, 0.1) is 5.92 Å². The zero-order chi connectivity index (χ0) is 12.4. The first-order chi connectivity index (χ1) is 8.13. The number of hydrogen-bond acceptors (Lipinski definition) is 2. The fourth-order valence-corrected chi connectivity index (χ4v) is 2.06. The number of carbonyl (C=O) groups is 2. The Hall–Kier alpha value is -1.64. The van der Waals surface area contributed by atoms with Gasteiger partial charge in [0.25, 0.3) is 0 Å². The lowest BCUT2D eigenvalue weighted by Crippen LogP contribution is -2.34. The molecule has 1 atom stereocenters. The van der Waals surface area contributed by atoms with E-state index in [0.717, 1.165) is 17.7 Å². The van der Waals surface area contributed by atoms with E-state index in [-0.39, 0.29) is 11.8 Å². The quantitative estimate of drug-likeness (QED) is 0.801. The van der Waals surface area contributed by atoms with Gasteiger partial charge in [-0.25, -0.2) is 4.90 Å². The summed E-state index contributed by atoms with van der Waals surface area (Å²) in [6.45, 7) is 4.09. The summed E-state index contributed by atoms with van der Waals surface area (Å²) in [5, 5.41) is 0. The van der Waals surface area contributed by atoms with Gasteiger partial charge < -0.3 is 0 Å². The highest BCUT2D eigenvalue weighted by molar-refractivity contribution is 6.19. The molecule has 17 heavy (non-hydrogen) atoms. The topological polar surface area (TPSA) is 37.4 Å². The second kappa shape index (κ2) is 4.70. The van der Waals surface area contributed by atoms with Crippen molar-refractivity contribution < 1.29 is 9.59 Å². The summed E-state index contributed by atoms with van der Waals surface area (Å²) in [5.41, 5.74) is 1.72. The van der Waals surface area contributed by atoms with Crippen LogP contribution in [-0.4, -0.2) is 11.8 Å². The first-order valence-corrected chi connectivity index (χ1v) is 6.07. The fraction of sp³-hybridized carbons (Fsp3) is 0.429. The summed E-state index contributed by atoms with van der Waals surface area (Å²) in [6, 6.07) is 7.51. The van der Waals surface area contributed by atoms with Gasteiger partial charge in [-0.2, -0.15) is 0 Å². The molecule has 3 nitrogen and oxygen atoms in total. The summed E-state index contributed by atoms with van der Waals surface area (Å²) in [5.74, 6) is 0.150. The van der Waals surface area contributed by atoms with Gasteiger partial charge in [0.1, 0.15) is 0 Å². The molecular weight excluding hydrogens is 214 g/mol. The van der Waals surface area contributed by atoms with Crippen LogP contribution >= 0.6 is 0 Å². The van der Waals surface area contributed by atoms with Gasteiger partial charge in [0, 0.05) is 6.42 Å². The van der Waals surface area contributed by atoms with E-state index in [2.05, 4.69) is 6.92 Å². The average molecular weight is 231 g/mol. The maximum Gasteiger partial charge on any atom is 0.238 e. The van der Waals surface area contributed by atoms with E-state index >= 15 is 0 Å². The molecule has 2 rings (SSSR count). The molecule has 1 unspecified atom stereocenters. The predicted molar refractivity (Wildman–Crippen MR) is 66.7 cm³/mol. The second-order valence-electron chi connectivity index (χ2n) is 4.65. The first-order valence-electron chi connectivity index (χ1n) is 6.07. The van der Waals surface area contributed by atoms with Crippen LogP contribution in [0.25, 0.3) is 0 Å². The smallest absolute Gasteiger partial charge is 0.238 e. The third kappa shape index (κ3) is 2.23. The Bertz CT molecular complexity index is 453. The van der Waals surface area contributed by atoms with Crippen molar-refractivity contribution in [3.63, 3.8) is 0 Å². The van der Waals surface area contributed by atoms with Crippen LogP contribution in [0.5, 0.6) is 0 Å². The lowest BCUT2D eigenvalue weighted by atomic mass is 10.0. The number of nitrogens with zero attached hydrogens (tertiary/aromatic N) is 1. The molecule has 1 aromatic rings. The Kier molecular flexibility index (Phi) is 3.27. The van der Waals surface area contributed by atoms with Crippen LogP contribution in [0.15, 0.2) is 24.3 Å². The van der Waals surface area contributed by atoms with Crippen LogP contribution in [-0.2, 0) is 16.0 Å². The highest BCUT2D eigenvalue weighted by atomic mass is 16.2. The minimum absolute atomic E-state index is 0.0747. The van der Waals surface area contributed by atoms with E-state index in [1.807, 2.05) is 31.2 Å². The Morgan fingerprint density at radius 1 is 1.41 bits per heavy atom. The summed E-state index contributed by atoms with van der Waals surface area (Å²) in [4.78, 5) is 25.3. The van der Waals surface area contributed by atoms with Crippen LogP contribution < -0.4 is 4.90 Å². The molecule has 0 bridgehead atoms. The molecule has 0 radical (unpaired) electrons. The number of carbonyl (C=O) groups excluding carboxylic acids is 2. The molecule has 1 aliphatic heterocycles. The molecule has 1 heterocycles.